The van der Waals surface area contributed by atoms with Crippen LogP contribution in [0, 0.1) is 0 Å². The molecular formula is C10H18O3. The van der Waals surface area contributed by atoms with Gasteiger partial charge in [-0.1, -0.05) is 39.2 Å². The lowest BCUT2D eigenvalue weighted by molar-refractivity contribution is -0.147. The third-order valence-corrected chi connectivity index (χ3v) is 1.80. The van der Waals surface area contributed by atoms with Gasteiger partial charge < -0.3 is 9.84 Å². The number of carbonyl (C=O) groups is 1. The number of esters is 1. The standard InChI is InChI=1S/C10H18O3/c1-3-5-6-7-8-9(11)10(12)13-4-2/h4,9,11H,2-3,5-8H2,1H3. The van der Waals surface area contributed by atoms with Crippen molar-refractivity contribution in [3.8, 4) is 0 Å². The van der Waals surface area contributed by atoms with Gasteiger partial charge in [0.15, 0.2) is 6.10 Å². The van der Waals surface area contributed by atoms with Crippen LogP contribution in [0.2, 0.25) is 0 Å². The topological polar surface area (TPSA) is 46.5 Å². The smallest absolute Gasteiger partial charge is 0.339 e. The Morgan fingerprint density at radius 2 is 2.23 bits per heavy atom. The largest absolute Gasteiger partial charge is 0.433 e. The van der Waals surface area contributed by atoms with Crippen molar-refractivity contribution in [1.29, 1.82) is 0 Å². The van der Waals surface area contributed by atoms with Gasteiger partial charge in [0.25, 0.3) is 0 Å². The van der Waals surface area contributed by atoms with Crippen LogP contribution < -0.4 is 0 Å². The summed E-state index contributed by atoms with van der Waals surface area (Å²) in [5.74, 6) is -0.605. The molecule has 0 radical (unpaired) electrons. The number of aliphatic hydroxyl groups excluding tert-OH is 1. The minimum absolute atomic E-state index is 0.479. The van der Waals surface area contributed by atoms with Gasteiger partial charge in [-0.3, -0.25) is 0 Å². The van der Waals surface area contributed by atoms with Gasteiger partial charge in [-0.2, -0.15) is 0 Å². The van der Waals surface area contributed by atoms with Crippen molar-refractivity contribution < 1.29 is 14.6 Å². The van der Waals surface area contributed by atoms with E-state index in [1.807, 2.05) is 0 Å². The first kappa shape index (κ1) is 12.2. The highest BCUT2D eigenvalue weighted by Crippen LogP contribution is 2.06. The van der Waals surface area contributed by atoms with E-state index in [4.69, 9.17) is 0 Å². The van der Waals surface area contributed by atoms with E-state index in [9.17, 15) is 9.90 Å². The number of aliphatic hydroxyl groups is 1. The summed E-state index contributed by atoms with van der Waals surface area (Å²) in [4.78, 5) is 10.9. The monoisotopic (exact) mass is 186 g/mol. The molecule has 0 aromatic carbocycles. The lowest BCUT2D eigenvalue weighted by atomic mass is 10.1. The van der Waals surface area contributed by atoms with Crippen LogP contribution in [0.25, 0.3) is 0 Å². The van der Waals surface area contributed by atoms with Crippen LogP contribution in [0.3, 0.4) is 0 Å². The van der Waals surface area contributed by atoms with Crippen molar-refractivity contribution in [3.63, 3.8) is 0 Å². The highest BCUT2D eigenvalue weighted by atomic mass is 16.5. The first-order chi connectivity index (χ1) is 6.22. The van der Waals surface area contributed by atoms with E-state index in [0.717, 1.165) is 31.9 Å². The Morgan fingerprint density at radius 1 is 1.54 bits per heavy atom. The summed E-state index contributed by atoms with van der Waals surface area (Å²) in [5, 5.41) is 9.23. The summed E-state index contributed by atoms with van der Waals surface area (Å²) < 4.78 is 4.44. The van der Waals surface area contributed by atoms with Crippen LogP contribution in [0.1, 0.15) is 39.0 Å². The van der Waals surface area contributed by atoms with E-state index in [1.165, 1.54) is 0 Å². The van der Waals surface area contributed by atoms with Crippen LogP contribution in [0.15, 0.2) is 12.8 Å². The van der Waals surface area contributed by atoms with E-state index in [0.29, 0.717) is 6.42 Å². The molecule has 0 saturated heterocycles. The average Bonchev–Trinajstić information content (AvgIpc) is 2.12. The van der Waals surface area contributed by atoms with Crippen LogP contribution in [-0.4, -0.2) is 17.2 Å². The van der Waals surface area contributed by atoms with Gasteiger partial charge in [-0.25, -0.2) is 4.79 Å². The lowest BCUT2D eigenvalue weighted by Crippen LogP contribution is -2.20. The fourth-order valence-corrected chi connectivity index (χ4v) is 1.04. The number of hydrogen-bond donors (Lipinski definition) is 1. The van der Waals surface area contributed by atoms with Crippen molar-refractivity contribution in [3.05, 3.63) is 12.8 Å². The predicted molar refractivity (Wildman–Crippen MR) is 51.1 cm³/mol. The Labute approximate surface area is 79.4 Å². The van der Waals surface area contributed by atoms with Gasteiger partial charge in [0.2, 0.25) is 0 Å². The molecule has 0 spiro atoms. The highest BCUT2D eigenvalue weighted by molar-refractivity contribution is 5.74. The predicted octanol–water partition coefficient (Wildman–Crippen LogP) is 2.00. The molecule has 0 rings (SSSR count). The molecule has 76 valence electrons. The summed E-state index contributed by atoms with van der Waals surface area (Å²) in [7, 11) is 0. The molecule has 0 saturated carbocycles. The van der Waals surface area contributed by atoms with Crippen LogP contribution in [0.4, 0.5) is 0 Å². The minimum Gasteiger partial charge on any atom is -0.433 e. The molecule has 3 heteroatoms. The molecular weight excluding hydrogens is 168 g/mol. The molecule has 1 atom stereocenters. The zero-order chi connectivity index (χ0) is 10.1. The molecule has 0 aromatic rings. The van der Waals surface area contributed by atoms with Crippen LogP contribution >= 0.6 is 0 Å². The normalized spacial score (nSPS) is 12.2. The maximum absolute atomic E-state index is 10.9. The van der Waals surface area contributed by atoms with Gasteiger partial charge in [0, 0.05) is 0 Å². The van der Waals surface area contributed by atoms with Crippen molar-refractivity contribution in [2.24, 2.45) is 0 Å². The minimum atomic E-state index is -0.991. The molecule has 0 aromatic heterocycles. The van der Waals surface area contributed by atoms with Gasteiger partial charge in [0.05, 0.1) is 6.26 Å². The fraction of sp³-hybridized carbons (Fsp3) is 0.700. The van der Waals surface area contributed by atoms with Crippen molar-refractivity contribution >= 4 is 5.97 Å². The van der Waals surface area contributed by atoms with Crippen LogP contribution in [0.5, 0.6) is 0 Å². The maximum atomic E-state index is 10.9. The quantitative estimate of drug-likeness (QED) is 0.376. The molecule has 0 aliphatic heterocycles. The number of rotatable bonds is 7. The molecule has 1 unspecified atom stereocenters. The first-order valence-corrected chi connectivity index (χ1v) is 4.71. The molecule has 1 N–H and O–H groups in total. The summed E-state index contributed by atoms with van der Waals surface area (Å²) in [6.07, 6.45) is 4.73. The second-order valence-corrected chi connectivity index (χ2v) is 2.97. The fourth-order valence-electron chi connectivity index (χ4n) is 1.04. The Kier molecular flexibility index (Phi) is 7.30. The maximum Gasteiger partial charge on any atom is 0.339 e. The molecule has 0 bridgehead atoms. The van der Waals surface area contributed by atoms with E-state index in [2.05, 4.69) is 18.2 Å². The van der Waals surface area contributed by atoms with Gasteiger partial charge in [-0.05, 0) is 6.42 Å². The molecule has 0 heterocycles. The number of ether oxygens (including phenoxy) is 1. The molecule has 3 nitrogen and oxygen atoms in total. The lowest BCUT2D eigenvalue weighted by Gasteiger charge is -2.06. The number of unbranched alkanes of at least 4 members (excludes halogenated alkanes) is 3. The number of hydrogen-bond acceptors (Lipinski definition) is 3. The Hall–Kier alpha value is -0.830. The summed E-state index contributed by atoms with van der Waals surface area (Å²) in [6, 6.07) is 0. The molecule has 0 aliphatic rings. The van der Waals surface area contributed by atoms with Gasteiger partial charge in [-0.15, -0.1) is 0 Å². The van der Waals surface area contributed by atoms with E-state index >= 15 is 0 Å². The second kappa shape index (κ2) is 7.80. The van der Waals surface area contributed by atoms with E-state index < -0.39 is 12.1 Å². The SMILES string of the molecule is C=COC(=O)C(O)CCCCCC. The highest BCUT2D eigenvalue weighted by Gasteiger charge is 2.14. The molecule has 0 amide bonds. The zero-order valence-electron chi connectivity index (χ0n) is 8.16. The Morgan fingerprint density at radius 3 is 2.77 bits per heavy atom. The zero-order valence-corrected chi connectivity index (χ0v) is 8.16. The van der Waals surface area contributed by atoms with Gasteiger partial charge >= 0.3 is 5.97 Å². The third kappa shape index (κ3) is 6.34. The molecule has 0 aliphatic carbocycles. The first-order valence-electron chi connectivity index (χ1n) is 4.71. The Bertz CT molecular complexity index is 154. The van der Waals surface area contributed by atoms with E-state index in [1.54, 1.807) is 0 Å². The summed E-state index contributed by atoms with van der Waals surface area (Å²) in [6.45, 7) is 5.35. The van der Waals surface area contributed by atoms with Crippen molar-refractivity contribution in [2.75, 3.05) is 0 Å². The van der Waals surface area contributed by atoms with Gasteiger partial charge in [0.1, 0.15) is 0 Å². The third-order valence-electron chi connectivity index (χ3n) is 1.80. The number of carbonyl (C=O) groups excluding carboxylic acids is 1. The van der Waals surface area contributed by atoms with Crippen molar-refractivity contribution in [1.82, 2.24) is 0 Å². The average molecular weight is 186 g/mol. The second-order valence-electron chi connectivity index (χ2n) is 2.97. The van der Waals surface area contributed by atoms with Crippen LogP contribution in [-0.2, 0) is 9.53 Å². The summed E-state index contributed by atoms with van der Waals surface area (Å²) >= 11 is 0. The molecule has 13 heavy (non-hydrogen) atoms. The summed E-state index contributed by atoms with van der Waals surface area (Å²) in [5.41, 5.74) is 0. The Balaban J connectivity index is 3.43. The molecule has 0 fully saturated rings. The van der Waals surface area contributed by atoms with Crippen molar-refractivity contribution in [2.45, 2.75) is 45.1 Å². The van der Waals surface area contributed by atoms with E-state index in [-0.39, 0.29) is 0 Å².